The highest BCUT2D eigenvalue weighted by molar-refractivity contribution is 6.07. The molecule has 2 aliphatic rings. The lowest BCUT2D eigenvalue weighted by Gasteiger charge is -2.33. The summed E-state index contributed by atoms with van der Waals surface area (Å²) in [4.78, 5) is 2.39. The Morgan fingerprint density at radius 3 is 1.67 bits per heavy atom. The topological polar surface area (TPSA) is 16.4 Å². The highest BCUT2D eigenvalue weighted by Crippen LogP contribution is 2.57. The van der Waals surface area contributed by atoms with Crippen LogP contribution in [0.15, 0.2) is 192 Å². The van der Waals surface area contributed by atoms with E-state index in [1.807, 2.05) is 0 Å². The first-order valence-corrected chi connectivity index (χ1v) is 18.9. The van der Waals surface area contributed by atoms with Crippen LogP contribution in [0.4, 0.5) is 17.1 Å². The standard InChI is InChI=1S/C52H37NO/c1-51(2)43-23-12-11-22-42(43)50-46(51)26-15-27-47(50)53(36-18-7-4-8-19-36)37-29-31-41-40-30-28-35(32-48(40)54-49(41)33-37)52(34-16-5-3-6-17-34)44-24-13-9-20-38(44)39-21-10-14-25-45(39)52/h3-33H,1-2H3. The van der Waals surface area contributed by atoms with Crippen LogP contribution in [-0.2, 0) is 10.8 Å². The Kier molecular flexibility index (Phi) is 6.55. The van der Waals surface area contributed by atoms with Crippen molar-refractivity contribution in [1.29, 1.82) is 0 Å². The summed E-state index contributed by atoms with van der Waals surface area (Å²) in [6.07, 6.45) is 0. The number of benzene rings is 8. The molecule has 0 amide bonds. The van der Waals surface area contributed by atoms with Gasteiger partial charge in [0.15, 0.2) is 0 Å². The molecule has 0 radical (unpaired) electrons. The van der Waals surface area contributed by atoms with Crippen LogP contribution in [0.25, 0.3) is 44.2 Å². The number of hydrogen-bond donors (Lipinski definition) is 0. The Balaban J connectivity index is 1.11. The lowest BCUT2D eigenvalue weighted by Crippen LogP contribution is -2.28. The van der Waals surface area contributed by atoms with E-state index in [2.05, 4.69) is 207 Å². The van der Waals surface area contributed by atoms with Gasteiger partial charge in [-0.3, -0.25) is 0 Å². The quantitative estimate of drug-likeness (QED) is 0.179. The monoisotopic (exact) mass is 691 g/mol. The molecular weight excluding hydrogens is 655 g/mol. The number of hydrogen-bond acceptors (Lipinski definition) is 2. The fourth-order valence-corrected chi connectivity index (χ4v) is 9.78. The molecule has 0 atom stereocenters. The fourth-order valence-electron chi connectivity index (χ4n) is 9.78. The van der Waals surface area contributed by atoms with Crippen LogP contribution in [0.5, 0.6) is 0 Å². The molecule has 0 saturated carbocycles. The van der Waals surface area contributed by atoms with Crippen molar-refractivity contribution in [1.82, 2.24) is 0 Å². The average Bonchev–Trinajstić information content (AvgIpc) is 3.82. The Hall–Kier alpha value is -6.64. The van der Waals surface area contributed by atoms with E-state index in [0.29, 0.717) is 0 Å². The third kappa shape index (κ3) is 4.17. The lowest BCUT2D eigenvalue weighted by atomic mass is 9.67. The third-order valence-corrected chi connectivity index (χ3v) is 12.1. The summed E-state index contributed by atoms with van der Waals surface area (Å²) in [5.74, 6) is 0. The normalized spacial score (nSPS) is 14.4. The summed E-state index contributed by atoms with van der Waals surface area (Å²) in [6.45, 7) is 4.68. The molecule has 256 valence electrons. The summed E-state index contributed by atoms with van der Waals surface area (Å²) in [5.41, 5.74) is 17.4. The van der Waals surface area contributed by atoms with Crippen molar-refractivity contribution in [3.63, 3.8) is 0 Å². The molecule has 2 heteroatoms. The van der Waals surface area contributed by atoms with Gasteiger partial charge in [-0.1, -0.05) is 159 Å². The van der Waals surface area contributed by atoms with Gasteiger partial charge in [-0.2, -0.15) is 0 Å². The van der Waals surface area contributed by atoms with Gasteiger partial charge in [0.05, 0.1) is 11.1 Å². The molecule has 11 rings (SSSR count). The Bertz CT molecular complexity index is 2870. The van der Waals surface area contributed by atoms with Crippen molar-refractivity contribution in [2.75, 3.05) is 4.90 Å². The van der Waals surface area contributed by atoms with Crippen LogP contribution in [0, 0.1) is 0 Å². The van der Waals surface area contributed by atoms with E-state index < -0.39 is 5.41 Å². The zero-order valence-electron chi connectivity index (χ0n) is 30.3. The van der Waals surface area contributed by atoms with Gasteiger partial charge < -0.3 is 9.32 Å². The second-order valence-electron chi connectivity index (χ2n) is 15.2. The molecule has 0 N–H and O–H groups in total. The second-order valence-corrected chi connectivity index (χ2v) is 15.2. The van der Waals surface area contributed by atoms with Gasteiger partial charge in [-0.25, -0.2) is 0 Å². The van der Waals surface area contributed by atoms with E-state index in [1.54, 1.807) is 0 Å². The molecule has 0 fully saturated rings. The molecular formula is C52H37NO. The Morgan fingerprint density at radius 2 is 0.963 bits per heavy atom. The molecule has 2 aliphatic carbocycles. The largest absolute Gasteiger partial charge is 0.456 e. The molecule has 8 aromatic carbocycles. The minimum absolute atomic E-state index is 0.0951. The van der Waals surface area contributed by atoms with Crippen LogP contribution in [0.3, 0.4) is 0 Å². The van der Waals surface area contributed by atoms with Crippen LogP contribution >= 0.6 is 0 Å². The van der Waals surface area contributed by atoms with Crippen molar-refractivity contribution >= 4 is 39.0 Å². The van der Waals surface area contributed by atoms with Crippen molar-refractivity contribution < 1.29 is 4.42 Å². The maximum Gasteiger partial charge on any atom is 0.137 e. The molecule has 0 unspecified atom stereocenters. The number of anilines is 3. The van der Waals surface area contributed by atoms with Crippen LogP contribution in [0.2, 0.25) is 0 Å². The highest BCUT2D eigenvalue weighted by atomic mass is 16.3. The first kappa shape index (κ1) is 30.9. The van der Waals surface area contributed by atoms with Gasteiger partial charge >= 0.3 is 0 Å². The SMILES string of the molecule is CC1(C)c2ccccc2-c2c(N(c3ccccc3)c3ccc4c(c3)oc3cc(C5(c6ccccc6)c6ccccc6-c6ccccc65)ccc34)cccc21. The molecule has 0 spiro atoms. The number of fused-ring (bicyclic) bond motifs is 9. The van der Waals surface area contributed by atoms with Crippen LogP contribution < -0.4 is 4.90 Å². The maximum atomic E-state index is 6.93. The third-order valence-electron chi connectivity index (χ3n) is 12.1. The average molecular weight is 692 g/mol. The van der Waals surface area contributed by atoms with Gasteiger partial charge in [0.1, 0.15) is 11.2 Å². The fraction of sp³-hybridized carbons (Fsp3) is 0.0769. The molecule has 0 aliphatic heterocycles. The number of rotatable bonds is 5. The Morgan fingerprint density at radius 1 is 0.407 bits per heavy atom. The highest BCUT2D eigenvalue weighted by Gasteiger charge is 2.46. The zero-order valence-corrected chi connectivity index (χ0v) is 30.3. The smallest absolute Gasteiger partial charge is 0.137 e. The summed E-state index contributed by atoms with van der Waals surface area (Å²) >= 11 is 0. The molecule has 54 heavy (non-hydrogen) atoms. The number of para-hydroxylation sites is 1. The van der Waals surface area contributed by atoms with Crippen molar-refractivity contribution in [2.45, 2.75) is 24.7 Å². The molecule has 1 aromatic heterocycles. The van der Waals surface area contributed by atoms with Crippen molar-refractivity contribution in [2.24, 2.45) is 0 Å². The van der Waals surface area contributed by atoms with Crippen LogP contribution in [0.1, 0.15) is 47.2 Å². The van der Waals surface area contributed by atoms with E-state index in [-0.39, 0.29) is 5.41 Å². The molecule has 0 saturated heterocycles. The first-order valence-electron chi connectivity index (χ1n) is 18.9. The maximum absolute atomic E-state index is 6.93. The summed E-state index contributed by atoms with van der Waals surface area (Å²) < 4.78 is 6.93. The van der Waals surface area contributed by atoms with Gasteiger partial charge in [0, 0.05) is 39.2 Å². The van der Waals surface area contributed by atoms with E-state index in [4.69, 9.17) is 4.42 Å². The van der Waals surface area contributed by atoms with E-state index in [0.717, 1.165) is 39.0 Å². The summed E-state index contributed by atoms with van der Waals surface area (Å²) in [6, 6.07) is 68.7. The molecule has 0 bridgehead atoms. The zero-order chi connectivity index (χ0) is 36.0. The van der Waals surface area contributed by atoms with Gasteiger partial charge in [0.2, 0.25) is 0 Å². The van der Waals surface area contributed by atoms with E-state index >= 15 is 0 Å². The minimum Gasteiger partial charge on any atom is -0.456 e. The molecule has 2 nitrogen and oxygen atoms in total. The van der Waals surface area contributed by atoms with Crippen molar-refractivity contribution in [3.8, 4) is 22.3 Å². The first-order chi connectivity index (χ1) is 26.5. The predicted molar refractivity (Wildman–Crippen MR) is 223 cm³/mol. The van der Waals surface area contributed by atoms with Gasteiger partial charge in [-0.15, -0.1) is 0 Å². The number of nitrogens with zero attached hydrogens (tertiary/aromatic N) is 1. The minimum atomic E-state index is -0.478. The summed E-state index contributed by atoms with van der Waals surface area (Å²) in [7, 11) is 0. The van der Waals surface area contributed by atoms with Crippen LogP contribution in [-0.4, -0.2) is 0 Å². The van der Waals surface area contributed by atoms with Crippen molar-refractivity contribution in [3.05, 3.63) is 221 Å². The lowest BCUT2D eigenvalue weighted by molar-refractivity contribution is 0.660. The van der Waals surface area contributed by atoms with Gasteiger partial charge in [0.25, 0.3) is 0 Å². The summed E-state index contributed by atoms with van der Waals surface area (Å²) in [5, 5.41) is 2.23. The van der Waals surface area contributed by atoms with Gasteiger partial charge in [-0.05, 0) is 86.5 Å². The van der Waals surface area contributed by atoms with E-state index in [9.17, 15) is 0 Å². The Labute approximate surface area is 315 Å². The van der Waals surface area contributed by atoms with E-state index in [1.165, 1.54) is 55.6 Å². The number of furan rings is 1. The molecule has 9 aromatic rings. The second kappa shape index (κ2) is 11.4. The molecule has 1 heterocycles. The predicted octanol–water partition coefficient (Wildman–Crippen LogP) is 13.7.